The Hall–Kier alpha value is -1.43. The standard InChI is InChI=1S/C16H23N3O2S/c1-16(2,3)15-17-11(10-22-15)9-14(21)19-8-6-13(20)18-7-4-5-12(18)19/h10,12H,4-9H2,1-3H3. The summed E-state index contributed by atoms with van der Waals surface area (Å²) in [6.07, 6.45) is 2.67. The maximum absolute atomic E-state index is 12.6. The number of nitrogens with zero attached hydrogens (tertiary/aromatic N) is 3. The van der Waals surface area contributed by atoms with Crippen LogP contribution in [-0.2, 0) is 21.4 Å². The van der Waals surface area contributed by atoms with Crippen LogP contribution in [0.25, 0.3) is 0 Å². The van der Waals surface area contributed by atoms with E-state index >= 15 is 0 Å². The average Bonchev–Trinajstić information content (AvgIpc) is 3.07. The summed E-state index contributed by atoms with van der Waals surface area (Å²) in [4.78, 5) is 32.9. The van der Waals surface area contributed by atoms with Gasteiger partial charge in [-0.05, 0) is 12.8 Å². The number of thiazole rings is 1. The molecule has 0 N–H and O–H groups in total. The average molecular weight is 321 g/mol. The molecule has 2 amide bonds. The van der Waals surface area contributed by atoms with Gasteiger partial charge in [0.2, 0.25) is 11.8 Å². The zero-order chi connectivity index (χ0) is 15.9. The molecular weight excluding hydrogens is 298 g/mol. The van der Waals surface area contributed by atoms with E-state index in [1.54, 1.807) is 11.3 Å². The molecule has 2 saturated heterocycles. The summed E-state index contributed by atoms with van der Waals surface area (Å²) in [7, 11) is 0. The van der Waals surface area contributed by atoms with Crippen molar-refractivity contribution in [2.24, 2.45) is 0 Å². The van der Waals surface area contributed by atoms with Crippen LogP contribution in [-0.4, -0.2) is 45.9 Å². The Morgan fingerprint density at radius 3 is 2.86 bits per heavy atom. The number of amides is 2. The van der Waals surface area contributed by atoms with Gasteiger partial charge in [-0.2, -0.15) is 0 Å². The highest BCUT2D eigenvalue weighted by atomic mass is 32.1. The van der Waals surface area contributed by atoms with Crippen LogP contribution >= 0.6 is 11.3 Å². The molecule has 120 valence electrons. The fourth-order valence-electron chi connectivity index (χ4n) is 3.15. The SMILES string of the molecule is CC(C)(C)c1nc(CC(=O)N2CCC(=O)N3CCCC32)cs1. The fourth-order valence-corrected chi connectivity index (χ4v) is 4.06. The van der Waals surface area contributed by atoms with Crippen molar-refractivity contribution in [3.8, 4) is 0 Å². The molecule has 0 aromatic carbocycles. The third-order valence-electron chi connectivity index (χ3n) is 4.31. The maximum Gasteiger partial charge on any atom is 0.230 e. The molecule has 0 radical (unpaired) electrons. The summed E-state index contributed by atoms with van der Waals surface area (Å²) < 4.78 is 0. The van der Waals surface area contributed by atoms with Gasteiger partial charge in [0.15, 0.2) is 0 Å². The van der Waals surface area contributed by atoms with Crippen LogP contribution in [0.1, 0.15) is 50.7 Å². The van der Waals surface area contributed by atoms with Crippen molar-refractivity contribution < 1.29 is 9.59 Å². The predicted molar refractivity (Wildman–Crippen MR) is 85.6 cm³/mol. The summed E-state index contributed by atoms with van der Waals surface area (Å²) in [5, 5.41) is 3.05. The van der Waals surface area contributed by atoms with E-state index < -0.39 is 0 Å². The van der Waals surface area contributed by atoms with Gasteiger partial charge in [-0.15, -0.1) is 11.3 Å². The first-order valence-electron chi connectivity index (χ1n) is 7.90. The molecule has 1 aromatic heterocycles. The number of rotatable bonds is 2. The quantitative estimate of drug-likeness (QED) is 0.839. The number of hydrogen-bond donors (Lipinski definition) is 0. The van der Waals surface area contributed by atoms with Crippen molar-refractivity contribution in [2.75, 3.05) is 13.1 Å². The number of hydrogen-bond acceptors (Lipinski definition) is 4. The number of fused-ring (bicyclic) bond motifs is 1. The Kier molecular flexibility index (Phi) is 3.97. The molecule has 0 aliphatic carbocycles. The Balaban J connectivity index is 1.69. The highest BCUT2D eigenvalue weighted by Gasteiger charge is 2.39. The smallest absolute Gasteiger partial charge is 0.230 e. The second-order valence-electron chi connectivity index (χ2n) is 7.12. The van der Waals surface area contributed by atoms with Crippen molar-refractivity contribution in [1.82, 2.24) is 14.8 Å². The lowest BCUT2D eigenvalue weighted by Gasteiger charge is -2.39. The van der Waals surface area contributed by atoms with Crippen molar-refractivity contribution in [3.05, 3.63) is 16.1 Å². The summed E-state index contributed by atoms with van der Waals surface area (Å²) in [6.45, 7) is 7.73. The molecule has 6 heteroatoms. The van der Waals surface area contributed by atoms with Gasteiger partial charge in [-0.1, -0.05) is 20.8 Å². The Bertz CT molecular complexity index is 590. The molecule has 1 unspecified atom stereocenters. The van der Waals surface area contributed by atoms with Crippen LogP contribution in [0.5, 0.6) is 0 Å². The third kappa shape index (κ3) is 2.89. The van der Waals surface area contributed by atoms with Gasteiger partial charge in [0.05, 0.1) is 17.1 Å². The van der Waals surface area contributed by atoms with Crippen LogP contribution in [0.4, 0.5) is 0 Å². The monoisotopic (exact) mass is 321 g/mol. The molecule has 1 aromatic rings. The van der Waals surface area contributed by atoms with Gasteiger partial charge in [-0.3, -0.25) is 9.59 Å². The van der Waals surface area contributed by atoms with Gasteiger partial charge in [0.1, 0.15) is 6.17 Å². The molecule has 5 nitrogen and oxygen atoms in total. The molecule has 0 bridgehead atoms. The number of carbonyl (C=O) groups is 2. The topological polar surface area (TPSA) is 53.5 Å². The summed E-state index contributed by atoms with van der Waals surface area (Å²) in [5.41, 5.74) is 0.868. The largest absolute Gasteiger partial charge is 0.322 e. The lowest BCUT2D eigenvalue weighted by molar-refractivity contribution is -0.150. The summed E-state index contributed by atoms with van der Waals surface area (Å²) >= 11 is 1.62. The first-order chi connectivity index (χ1) is 10.4. The molecule has 0 saturated carbocycles. The summed E-state index contributed by atoms with van der Waals surface area (Å²) in [6, 6.07) is 0. The van der Waals surface area contributed by atoms with Gasteiger partial charge in [-0.25, -0.2) is 4.98 Å². The second kappa shape index (κ2) is 5.65. The molecule has 3 heterocycles. The van der Waals surface area contributed by atoms with E-state index in [0.717, 1.165) is 30.1 Å². The minimum absolute atomic E-state index is 0.0190. The summed E-state index contributed by atoms with van der Waals surface area (Å²) in [5.74, 6) is 0.283. The molecule has 2 fully saturated rings. The first kappa shape index (κ1) is 15.5. The molecular formula is C16H23N3O2S. The zero-order valence-electron chi connectivity index (χ0n) is 13.5. The normalized spacial score (nSPS) is 22.1. The van der Waals surface area contributed by atoms with Crippen LogP contribution < -0.4 is 0 Å². The van der Waals surface area contributed by atoms with Crippen LogP contribution in [0, 0.1) is 0 Å². The predicted octanol–water partition coefficient (Wildman–Crippen LogP) is 2.16. The third-order valence-corrected chi connectivity index (χ3v) is 5.63. The van der Waals surface area contributed by atoms with Crippen molar-refractivity contribution in [2.45, 2.75) is 58.0 Å². The molecule has 3 rings (SSSR count). The minimum Gasteiger partial charge on any atom is -0.322 e. The van der Waals surface area contributed by atoms with Gasteiger partial charge >= 0.3 is 0 Å². The zero-order valence-corrected chi connectivity index (χ0v) is 14.3. The first-order valence-corrected chi connectivity index (χ1v) is 8.78. The highest BCUT2D eigenvalue weighted by molar-refractivity contribution is 7.09. The van der Waals surface area contributed by atoms with E-state index in [4.69, 9.17) is 0 Å². The molecule has 2 aliphatic heterocycles. The lowest BCUT2D eigenvalue weighted by Crippen LogP contribution is -2.55. The van der Waals surface area contributed by atoms with E-state index in [2.05, 4.69) is 25.8 Å². The Labute approximate surface area is 135 Å². The Morgan fingerprint density at radius 1 is 1.41 bits per heavy atom. The number of carbonyl (C=O) groups excluding carboxylic acids is 2. The minimum atomic E-state index is -0.0190. The van der Waals surface area contributed by atoms with E-state index in [1.807, 2.05) is 15.2 Å². The Morgan fingerprint density at radius 2 is 2.18 bits per heavy atom. The highest BCUT2D eigenvalue weighted by Crippen LogP contribution is 2.28. The van der Waals surface area contributed by atoms with Crippen LogP contribution in [0.2, 0.25) is 0 Å². The maximum atomic E-state index is 12.6. The molecule has 1 atom stereocenters. The number of aromatic nitrogens is 1. The van der Waals surface area contributed by atoms with Gasteiger partial charge in [0.25, 0.3) is 0 Å². The van der Waals surface area contributed by atoms with Gasteiger partial charge < -0.3 is 9.80 Å². The van der Waals surface area contributed by atoms with Crippen LogP contribution in [0.3, 0.4) is 0 Å². The lowest BCUT2D eigenvalue weighted by atomic mass is 9.98. The fraction of sp³-hybridized carbons (Fsp3) is 0.688. The van der Waals surface area contributed by atoms with E-state index in [-0.39, 0.29) is 23.4 Å². The van der Waals surface area contributed by atoms with E-state index in [0.29, 0.717) is 19.4 Å². The van der Waals surface area contributed by atoms with Crippen LogP contribution in [0.15, 0.2) is 5.38 Å². The van der Waals surface area contributed by atoms with E-state index in [9.17, 15) is 9.59 Å². The van der Waals surface area contributed by atoms with Crippen molar-refractivity contribution in [3.63, 3.8) is 0 Å². The molecule has 0 spiro atoms. The van der Waals surface area contributed by atoms with E-state index in [1.165, 1.54) is 0 Å². The molecule has 22 heavy (non-hydrogen) atoms. The van der Waals surface area contributed by atoms with Gasteiger partial charge in [0, 0.05) is 30.3 Å². The van der Waals surface area contributed by atoms with Crippen molar-refractivity contribution in [1.29, 1.82) is 0 Å². The molecule has 2 aliphatic rings. The van der Waals surface area contributed by atoms with Crippen molar-refractivity contribution >= 4 is 23.2 Å². The second-order valence-corrected chi connectivity index (χ2v) is 7.98.